The van der Waals surface area contributed by atoms with Gasteiger partial charge in [0, 0.05) is 54.3 Å². The third kappa shape index (κ3) is 8.88. The second kappa shape index (κ2) is 15.7. The van der Waals surface area contributed by atoms with Crippen LogP contribution in [0.1, 0.15) is 125 Å². The van der Waals surface area contributed by atoms with Gasteiger partial charge in [-0.3, -0.25) is 9.78 Å². The van der Waals surface area contributed by atoms with E-state index in [1.807, 2.05) is 47.7 Å². The predicted molar refractivity (Wildman–Crippen MR) is 208 cm³/mol. The minimum atomic E-state index is -0.337. The summed E-state index contributed by atoms with van der Waals surface area (Å²) in [7, 11) is 0. The fourth-order valence-corrected chi connectivity index (χ4v) is 6.61. The van der Waals surface area contributed by atoms with Crippen LogP contribution in [0.15, 0.2) is 54.4 Å². The monoisotopic (exact) mass is 855 g/mol. The molecule has 0 unspecified atom stereocenters. The number of aliphatic hydroxyl groups is 1. The maximum absolute atomic E-state index is 12.2. The number of nitrogens with zero attached hydrogens (tertiary/aromatic N) is 1. The van der Waals surface area contributed by atoms with Crippen molar-refractivity contribution < 1.29 is 34.7 Å². The zero-order valence-electron chi connectivity index (χ0n) is 32.9. The summed E-state index contributed by atoms with van der Waals surface area (Å²) in [6, 6.07) is 16.8. The van der Waals surface area contributed by atoms with Gasteiger partial charge in [-0.2, -0.15) is 0 Å². The average molecular weight is 855 g/mol. The molecule has 1 aliphatic rings. The number of aryl methyl sites for hydroxylation is 1. The molecule has 5 heteroatoms. The van der Waals surface area contributed by atoms with E-state index in [1.54, 1.807) is 0 Å². The fraction of sp³-hybridized carbons (Fsp3) is 0.511. The molecule has 1 aromatic heterocycles. The molecule has 1 N–H and O–H groups in total. The number of allylic oxidation sites excluding steroid dienone is 2. The number of pyridine rings is 1. The van der Waals surface area contributed by atoms with Crippen LogP contribution in [0.3, 0.4) is 0 Å². The van der Waals surface area contributed by atoms with Gasteiger partial charge in [0.05, 0.1) is 5.75 Å². The standard InChI is InChI=1S/C30H32NO.C15H28O2.Ir/c1-18-17-31-27-23-14-20-10-8-9-11-21(20)24(16-30(5,6)7)28(23)32-25-13-19(15-29(2,3)4)12-22(18)26(25)27;1-7-14(5,8-2)12(16)11-13(17)15(6,9-3)10-4;/h8-13,17H,15-16H2,1-7H3;11,16H,7-10H2,1-6H3;/q-1;;/b;12-11-;. The largest absolute Gasteiger partial charge is 0.512 e. The first-order chi connectivity index (χ1) is 22.8. The number of carbonyl (C=O) groups excluding carboxylic acids is 1. The molecule has 3 aromatic carbocycles. The summed E-state index contributed by atoms with van der Waals surface area (Å²) in [5, 5.41) is 14.8. The Kier molecular flexibility index (Phi) is 13.0. The fourth-order valence-electron chi connectivity index (χ4n) is 6.61. The second-order valence-electron chi connectivity index (χ2n) is 17.2. The Morgan fingerprint density at radius 1 is 0.840 bits per heavy atom. The van der Waals surface area contributed by atoms with E-state index in [9.17, 15) is 9.90 Å². The SMILES string of the molecule is CCC(C)(CC)C(=O)/C=C(\O)C(C)(CC)CC.Cc1cnc2c3c(cc(CC(C)(C)C)cc13)Oc1c-2[c-]c2ccccc2c1CC(C)(C)C.[Ir]. The number of hydrogen-bond acceptors (Lipinski definition) is 4. The van der Waals surface area contributed by atoms with Gasteiger partial charge in [-0.15, -0.1) is 17.5 Å². The van der Waals surface area contributed by atoms with Crippen LogP contribution in [0.2, 0.25) is 0 Å². The molecule has 5 rings (SSSR count). The molecule has 4 nitrogen and oxygen atoms in total. The number of ether oxygens (including phenoxy) is 1. The third-order valence-corrected chi connectivity index (χ3v) is 10.7. The molecule has 0 aliphatic carbocycles. The van der Waals surface area contributed by atoms with E-state index in [-0.39, 0.29) is 53.3 Å². The summed E-state index contributed by atoms with van der Waals surface area (Å²) in [4.78, 5) is 17.1. The van der Waals surface area contributed by atoms with Gasteiger partial charge >= 0.3 is 0 Å². The Hall–Kier alpha value is -3.01. The summed E-state index contributed by atoms with van der Waals surface area (Å²) < 4.78 is 6.77. The van der Waals surface area contributed by atoms with Crippen molar-refractivity contribution in [3.05, 3.63) is 77.2 Å². The van der Waals surface area contributed by atoms with Crippen molar-refractivity contribution in [3.63, 3.8) is 0 Å². The minimum Gasteiger partial charge on any atom is -0.512 e. The molecule has 0 spiro atoms. The maximum Gasteiger partial charge on any atom is 0.164 e. The van der Waals surface area contributed by atoms with Crippen molar-refractivity contribution in [1.82, 2.24) is 4.98 Å². The molecule has 0 fully saturated rings. The summed E-state index contributed by atoms with van der Waals surface area (Å²) in [6.45, 7) is 27.9. The molecular formula is C45H60IrNO3-. The average Bonchev–Trinajstić information content (AvgIpc) is 3.04. The van der Waals surface area contributed by atoms with Crippen LogP contribution in [-0.2, 0) is 37.7 Å². The smallest absolute Gasteiger partial charge is 0.164 e. The van der Waals surface area contributed by atoms with E-state index in [0.717, 1.165) is 72.1 Å². The number of benzene rings is 3. The van der Waals surface area contributed by atoms with Gasteiger partial charge < -0.3 is 9.84 Å². The maximum atomic E-state index is 12.2. The van der Waals surface area contributed by atoms with Crippen LogP contribution in [0.4, 0.5) is 0 Å². The Morgan fingerprint density at radius 2 is 1.42 bits per heavy atom. The van der Waals surface area contributed by atoms with Crippen LogP contribution in [0.25, 0.3) is 32.8 Å². The topological polar surface area (TPSA) is 59.4 Å². The van der Waals surface area contributed by atoms with Gasteiger partial charge in [-0.05, 0) is 78.9 Å². The number of aliphatic hydroxyl groups excluding tert-OH is 1. The zero-order chi connectivity index (χ0) is 36.5. The molecular weight excluding hydrogens is 795 g/mol. The second-order valence-corrected chi connectivity index (χ2v) is 17.2. The molecule has 0 saturated carbocycles. The third-order valence-electron chi connectivity index (χ3n) is 10.7. The minimum absolute atomic E-state index is 0. The molecule has 1 aliphatic heterocycles. The van der Waals surface area contributed by atoms with Crippen molar-refractivity contribution in [2.75, 3.05) is 0 Å². The van der Waals surface area contributed by atoms with Crippen molar-refractivity contribution in [2.24, 2.45) is 21.7 Å². The summed E-state index contributed by atoms with van der Waals surface area (Å²) in [6.07, 6.45) is 8.69. The molecule has 1 radical (unpaired) electrons. The predicted octanol–water partition coefficient (Wildman–Crippen LogP) is 13.1. The molecule has 50 heavy (non-hydrogen) atoms. The quantitative estimate of drug-likeness (QED) is 0.0911. The van der Waals surface area contributed by atoms with E-state index in [0.29, 0.717) is 0 Å². The van der Waals surface area contributed by atoms with Gasteiger partial charge in [0.25, 0.3) is 0 Å². The molecule has 4 aromatic rings. The molecule has 0 atom stereocenters. The van der Waals surface area contributed by atoms with Crippen molar-refractivity contribution in [1.29, 1.82) is 0 Å². The zero-order valence-corrected chi connectivity index (χ0v) is 35.3. The summed E-state index contributed by atoms with van der Waals surface area (Å²) >= 11 is 0. The van der Waals surface area contributed by atoms with E-state index in [2.05, 4.69) is 90.9 Å². The van der Waals surface area contributed by atoms with Crippen LogP contribution in [0.5, 0.6) is 11.5 Å². The number of carbonyl (C=O) groups is 1. The van der Waals surface area contributed by atoms with E-state index < -0.39 is 0 Å². The summed E-state index contributed by atoms with van der Waals surface area (Å²) in [5.41, 5.74) is 5.46. The first-order valence-corrected chi connectivity index (χ1v) is 18.3. The molecule has 0 amide bonds. The number of rotatable bonds is 9. The van der Waals surface area contributed by atoms with Crippen molar-refractivity contribution in [2.45, 2.75) is 129 Å². The van der Waals surface area contributed by atoms with Gasteiger partial charge in [0.15, 0.2) is 5.78 Å². The molecule has 0 saturated heterocycles. The summed E-state index contributed by atoms with van der Waals surface area (Å²) in [5.74, 6) is 2.14. The van der Waals surface area contributed by atoms with E-state index in [1.165, 1.54) is 33.5 Å². The van der Waals surface area contributed by atoms with Crippen LogP contribution in [0, 0.1) is 34.7 Å². The Bertz CT molecular complexity index is 1860. The number of fused-ring (bicyclic) bond motifs is 3. The van der Waals surface area contributed by atoms with Crippen LogP contribution >= 0.6 is 0 Å². The van der Waals surface area contributed by atoms with E-state index in [4.69, 9.17) is 9.72 Å². The van der Waals surface area contributed by atoms with Crippen LogP contribution in [-0.4, -0.2) is 15.9 Å². The molecule has 273 valence electrons. The van der Waals surface area contributed by atoms with Crippen molar-refractivity contribution >= 4 is 27.3 Å². The van der Waals surface area contributed by atoms with Crippen LogP contribution < -0.4 is 4.74 Å². The number of hydrogen-bond donors (Lipinski definition) is 1. The number of aromatic nitrogens is 1. The molecule has 0 bridgehead atoms. The van der Waals surface area contributed by atoms with E-state index >= 15 is 0 Å². The normalized spacial score (nSPS) is 13.3. The van der Waals surface area contributed by atoms with Gasteiger partial charge in [-0.25, -0.2) is 0 Å². The first kappa shape index (κ1) is 41.4. The van der Waals surface area contributed by atoms with Gasteiger partial charge in [0.1, 0.15) is 11.5 Å². The Morgan fingerprint density at radius 3 is 1.98 bits per heavy atom. The Balaban J connectivity index is 0.000000323. The van der Waals surface area contributed by atoms with Gasteiger partial charge in [0.2, 0.25) is 0 Å². The molecule has 2 heterocycles. The van der Waals surface area contributed by atoms with Crippen molar-refractivity contribution in [3.8, 4) is 22.8 Å². The number of ketones is 1. The Labute approximate surface area is 315 Å². The van der Waals surface area contributed by atoms with Gasteiger partial charge in [-0.1, -0.05) is 124 Å². The first-order valence-electron chi connectivity index (χ1n) is 18.3.